The highest BCUT2D eigenvalue weighted by Crippen LogP contribution is 2.38. The van der Waals surface area contributed by atoms with E-state index in [0.29, 0.717) is 27.5 Å². The van der Waals surface area contributed by atoms with Crippen molar-refractivity contribution < 1.29 is 37.4 Å². The minimum Gasteiger partial charge on any atom is -0.444 e. The number of carbonyl (C=O) groups is 4. The molecule has 0 aliphatic rings. The summed E-state index contributed by atoms with van der Waals surface area (Å²) in [7, 11) is 1.63. The van der Waals surface area contributed by atoms with Crippen LogP contribution in [0.3, 0.4) is 0 Å². The van der Waals surface area contributed by atoms with Crippen LogP contribution in [0, 0.1) is 12.8 Å². The number of hydrogen-bond donors (Lipinski definition) is 2. The fourth-order valence-corrected chi connectivity index (χ4v) is 5.98. The molecule has 0 saturated carbocycles. The van der Waals surface area contributed by atoms with Gasteiger partial charge < -0.3 is 19.7 Å². The van der Waals surface area contributed by atoms with Crippen molar-refractivity contribution in [1.29, 1.82) is 0 Å². The summed E-state index contributed by atoms with van der Waals surface area (Å²) in [5.74, 6) is -5.82. The van der Waals surface area contributed by atoms with Gasteiger partial charge in [-0.2, -0.15) is 0 Å². The number of anilines is 3. The maximum atomic E-state index is 15.5. The molecule has 55 heavy (non-hydrogen) atoms. The molecule has 1 unspecified atom stereocenters. The van der Waals surface area contributed by atoms with Crippen LogP contribution in [0.5, 0.6) is 5.75 Å². The summed E-state index contributed by atoms with van der Waals surface area (Å²) in [5, 5.41) is 5.76. The van der Waals surface area contributed by atoms with Crippen LogP contribution in [-0.4, -0.2) is 30.9 Å². The van der Waals surface area contributed by atoms with E-state index in [-0.39, 0.29) is 54.7 Å². The van der Waals surface area contributed by atoms with Crippen LogP contribution >= 0.6 is 11.6 Å². The summed E-state index contributed by atoms with van der Waals surface area (Å²) in [6, 6.07) is 32.7. The van der Waals surface area contributed by atoms with Gasteiger partial charge in [-0.1, -0.05) is 91.3 Å². The number of amides is 3. The molecule has 0 spiro atoms. The summed E-state index contributed by atoms with van der Waals surface area (Å²) < 4.78 is 41.5. The van der Waals surface area contributed by atoms with Gasteiger partial charge in [0.15, 0.2) is 5.75 Å². The summed E-state index contributed by atoms with van der Waals surface area (Å²) in [6.45, 7) is 3.30. The van der Waals surface area contributed by atoms with Gasteiger partial charge >= 0.3 is 12.1 Å². The first-order chi connectivity index (χ1) is 26.3. The molecule has 0 aromatic heterocycles. The Morgan fingerprint density at radius 2 is 1.49 bits per heavy atom. The predicted molar refractivity (Wildman–Crippen MR) is 209 cm³/mol. The first kappa shape index (κ1) is 40.1. The molecular formula is C43H40ClF2N3O6. The van der Waals surface area contributed by atoms with Crippen molar-refractivity contribution in [2.45, 2.75) is 45.6 Å². The zero-order chi connectivity index (χ0) is 39.5. The second-order valence-electron chi connectivity index (χ2n) is 13.0. The van der Waals surface area contributed by atoms with Crippen molar-refractivity contribution in [3.8, 4) is 5.75 Å². The summed E-state index contributed by atoms with van der Waals surface area (Å²) >= 11 is 6.32. The van der Waals surface area contributed by atoms with E-state index in [4.69, 9.17) is 21.1 Å². The number of nitrogens with one attached hydrogen (secondary N) is 2. The molecule has 0 heterocycles. The number of nitrogens with zero attached hydrogens (tertiary/aromatic N) is 1. The molecule has 0 aliphatic carbocycles. The van der Waals surface area contributed by atoms with E-state index in [0.717, 1.165) is 11.1 Å². The van der Waals surface area contributed by atoms with Crippen molar-refractivity contribution in [3.05, 3.63) is 154 Å². The highest BCUT2D eigenvalue weighted by Gasteiger charge is 2.38. The smallest absolute Gasteiger partial charge is 0.412 e. The molecule has 2 N–H and O–H groups in total. The lowest BCUT2D eigenvalue weighted by molar-refractivity contribution is -0.135. The van der Waals surface area contributed by atoms with Crippen LogP contribution in [0.2, 0.25) is 5.02 Å². The number of carbonyl (C=O) groups excluding carboxylic acids is 4. The zero-order valence-corrected chi connectivity index (χ0v) is 31.2. The lowest BCUT2D eigenvalue weighted by Crippen LogP contribution is -2.26. The predicted octanol–water partition coefficient (Wildman–Crippen LogP) is 9.97. The average Bonchev–Trinajstić information content (AvgIpc) is 3.17. The van der Waals surface area contributed by atoms with Crippen molar-refractivity contribution in [1.82, 2.24) is 0 Å². The van der Waals surface area contributed by atoms with Gasteiger partial charge in [0.05, 0.1) is 22.8 Å². The Morgan fingerprint density at radius 3 is 2.18 bits per heavy atom. The van der Waals surface area contributed by atoms with Crippen molar-refractivity contribution in [2.75, 3.05) is 22.6 Å². The Bertz CT molecular complexity index is 2130. The molecule has 0 aliphatic heterocycles. The maximum Gasteiger partial charge on any atom is 0.412 e. The minimum absolute atomic E-state index is 0.0460. The highest BCUT2D eigenvalue weighted by atomic mass is 35.5. The SMILES string of the molecule is Cc1ccc(N(C)C(=O)c2ccc(NC(=O)Cc3ccc(C(F)(F)C(C)CCC(=O)Oc4ccccc4NC(=O)OCc4ccccc4)cc3)cc2)c(Cl)c1. The molecule has 0 fully saturated rings. The molecule has 0 bridgehead atoms. The Morgan fingerprint density at radius 1 is 0.818 bits per heavy atom. The summed E-state index contributed by atoms with van der Waals surface area (Å²) in [6.07, 6.45) is -1.29. The van der Waals surface area contributed by atoms with E-state index in [1.807, 2.05) is 43.3 Å². The van der Waals surface area contributed by atoms with E-state index in [1.54, 1.807) is 55.6 Å². The third kappa shape index (κ3) is 11.0. The van der Waals surface area contributed by atoms with E-state index < -0.39 is 23.9 Å². The van der Waals surface area contributed by atoms with Gasteiger partial charge in [-0.15, -0.1) is 0 Å². The van der Waals surface area contributed by atoms with Crippen molar-refractivity contribution in [2.24, 2.45) is 5.92 Å². The number of hydrogen-bond acceptors (Lipinski definition) is 6. The van der Waals surface area contributed by atoms with E-state index in [2.05, 4.69) is 10.6 Å². The molecule has 5 rings (SSSR count). The summed E-state index contributed by atoms with van der Waals surface area (Å²) in [4.78, 5) is 52.3. The number of rotatable bonds is 14. The highest BCUT2D eigenvalue weighted by molar-refractivity contribution is 6.34. The molecule has 284 valence electrons. The lowest BCUT2D eigenvalue weighted by Gasteiger charge is -2.24. The Labute approximate surface area is 323 Å². The number of esters is 1. The van der Waals surface area contributed by atoms with Crippen LogP contribution in [0.15, 0.2) is 121 Å². The lowest BCUT2D eigenvalue weighted by atomic mass is 9.91. The molecule has 0 saturated heterocycles. The molecule has 3 amide bonds. The summed E-state index contributed by atoms with van der Waals surface area (Å²) in [5.41, 5.74) is 3.67. The number of aryl methyl sites for hydroxylation is 1. The fraction of sp³-hybridized carbons (Fsp3) is 0.209. The zero-order valence-electron chi connectivity index (χ0n) is 30.5. The number of para-hydroxylation sites is 2. The number of halogens is 3. The molecule has 0 radical (unpaired) electrons. The second kappa shape index (κ2) is 18.3. The Hall–Kier alpha value is -6.07. The Balaban J connectivity index is 1.08. The van der Waals surface area contributed by atoms with Gasteiger partial charge in [0.2, 0.25) is 5.91 Å². The van der Waals surface area contributed by atoms with Gasteiger partial charge in [-0.25, -0.2) is 13.6 Å². The molecule has 1 atom stereocenters. The number of ether oxygens (including phenoxy) is 2. The average molecular weight is 768 g/mol. The fourth-order valence-electron chi connectivity index (χ4n) is 5.62. The molecule has 12 heteroatoms. The molecule has 5 aromatic carbocycles. The van der Waals surface area contributed by atoms with Crippen LogP contribution in [0.1, 0.15) is 52.4 Å². The third-order valence-corrected chi connectivity index (χ3v) is 9.15. The van der Waals surface area contributed by atoms with Gasteiger partial charge in [-0.05, 0) is 78.6 Å². The maximum absolute atomic E-state index is 15.5. The van der Waals surface area contributed by atoms with Gasteiger partial charge in [0.25, 0.3) is 11.8 Å². The molecule has 5 aromatic rings. The molecule has 9 nitrogen and oxygen atoms in total. The number of alkyl halides is 2. The second-order valence-corrected chi connectivity index (χ2v) is 13.4. The van der Waals surface area contributed by atoms with Gasteiger partial charge in [-0.3, -0.25) is 19.7 Å². The first-order valence-corrected chi connectivity index (χ1v) is 17.9. The van der Waals surface area contributed by atoms with Crippen molar-refractivity contribution in [3.63, 3.8) is 0 Å². The van der Waals surface area contributed by atoms with Crippen LogP contribution in [0.25, 0.3) is 0 Å². The minimum atomic E-state index is -3.28. The van der Waals surface area contributed by atoms with Gasteiger partial charge in [0.1, 0.15) is 6.61 Å². The monoisotopic (exact) mass is 767 g/mol. The molecular weight excluding hydrogens is 728 g/mol. The van der Waals surface area contributed by atoms with E-state index in [1.165, 1.54) is 48.2 Å². The van der Waals surface area contributed by atoms with Crippen LogP contribution in [0.4, 0.5) is 30.6 Å². The van der Waals surface area contributed by atoms with Crippen LogP contribution < -0.4 is 20.3 Å². The topological polar surface area (TPSA) is 114 Å². The van der Waals surface area contributed by atoms with Gasteiger partial charge in [0, 0.05) is 36.2 Å². The first-order valence-electron chi connectivity index (χ1n) is 17.5. The Kier molecular flexibility index (Phi) is 13.4. The normalized spacial score (nSPS) is 11.6. The standard InChI is InChI=1S/C43H40ClF2N3O6/c1-28-13-23-37(35(44)25-28)49(3)41(52)32-17-21-34(22-18-32)47-39(50)26-30-15-19-33(20-16-30)43(45,46)29(2)14-24-40(51)55-38-12-8-7-11-36(38)48-42(53)54-27-31-9-5-4-6-10-31/h4-13,15-23,25,29H,14,24,26-27H2,1-3H3,(H,47,50)(H,48,53). The van der Waals surface area contributed by atoms with E-state index >= 15 is 8.78 Å². The quantitative estimate of drug-likeness (QED) is 0.0859. The van der Waals surface area contributed by atoms with Crippen LogP contribution in [-0.2, 0) is 33.3 Å². The number of benzene rings is 5. The van der Waals surface area contributed by atoms with E-state index in [9.17, 15) is 19.2 Å². The van der Waals surface area contributed by atoms with Crippen molar-refractivity contribution >= 4 is 52.5 Å². The largest absolute Gasteiger partial charge is 0.444 e. The third-order valence-electron chi connectivity index (χ3n) is 8.85.